The summed E-state index contributed by atoms with van der Waals surface area (Å²) in [6, 6.07) is 9.05. The van der Waals surface area contributed by atoms with Gasteiger partial charge in [0.15, 0.2) is 0 Å². The fraction of sp³-hybridized carbons (Fsp3) is 0.0714. The third kappa shape index (κ3) is 4.52. The summed E-state index contributed by atoms with van der Waals surface area (Å²) < 4.78 is 13.0. The summed E-state index contributed by atoms with van der Waals surface area (Å²) in [6.07, 6.45) is 0. The molecule has 0 spiro atoms. The first-order valence-corrected chi connectivity index (χ1v) is 7.62. The van der Waals surface area contributed by atoms with Gasteiger partial charge in [0, 0.05) is 21.3 Å². The number of benzene rings is 2. The van der Waals surface area contributed by atoms with Gasteiger partial charge in [0.25, 0.3) is 0 Å². The van der Waals surface area contributed by atoms with Gasteiger partial charge >= 0.3 is 0 Å². The second-order valence-electron chi connectivity index (χ2n) is 4.15. The molecule has 0 saturated carbocycles. The first kappa shape index (κ1) is 15.9. The number of hydrogen-bond acceptors (Lipinski definition) is 3. The lowest BCUT2D eigenvalue weighted by Gasteiger charge is -2.07. The predicted molar refractivity (Wildman–Crippen MR) is 86.6 cm³/mol. The highest BCUT2D eigenvalue weighted by Crippen LogP contribution is 2.28. The summed E-state index contributed by atoms with van der Waals surface area (Å²) in [5.74, 6) is -0.628. The monoisotopic (exact) mass is 344 g/mol. The number of hydrogen-bond donors (Lipinski definition) is 2. The Hall–Kier alpha value is -1.43. The van der Waals surface area contributed by atoms with E-state index >= 15 is 0 Å². The Morgan fingerprint density at radius 3 is 2.71 bits per heavy atom. The predicted octanol–water partition coefficient (Wildman–Crippen LogP) is 4.45. The molecule has 110 valence electrons. The Morgan fingerprint density at radius 1 is 1.24 bits per heavy atom. The number of rotatable bonds is 4. The van der Waals surface area contributed by atoms with Crippen LogP contribution >= 0.6 is 35.0 Å². The summed E-state index contributed by atoms with van der Waals surface area (Å²) in [5.41, 5.74) is 6.79. The zero-order valence-corrected chi connectivity index (χ0v) is 13.0. The van der Waals surface area contributed by atoms with E-state index in [1.165, 1.54) is 30.0 Å². The molecule has 0 unspecified atom stereocenters. The molecule has 2 aromatic carbocycles. The maximum absolute atomic E-state index is 13.0. The summed E-state index contributed by atoms with van der Waals surface area (Å²) in [5, 5.41) is 3.14. The lowest BCUT2D eigenvalue weighted by Crippen LogP contribution is -2.14. The van der Waals surface area contributed by atoms with Crippen LogP contribution in [0.2, 0.25) is 10.0 Å². The van der Waals surface area contributed by atoms with E-state index in [2.05, 4.69) is 5.32 Å². The highest BCUT2D eigenvalue weighted by Gasteiger charge is 2.08. The third-order valence-electron chi connectivity index (χ3n) is 2.54. The van der Waals surface area contributed by atoms with Crippen LogP contribution in [-0.4, -0.2) is 11.7 Å². The minimum Gasteiger partial charge on any atom is -0.398 e. The Morgan fingerprint density at radius 2 is 2.00 bits per heavy atom. The molecule has 0 aromatic heterocycles. The van der Waals surface area contributed by atoms with Gasteiger partial charge in [0.2, 0.25) is 5.91 Å². The molecule has 2 aromatic rings. The van der Waals surface area contributed by atoms with E-state index < -0.39 is 5.82 Å². The molecule has 0 atom stereocenters. The molecule has 0 fully saturated rings. The fourth-order valence-corrected chi connectivity index (χ4v) is 2.77. The maximum Gasteiger partial charge on any atom is 0.234 e. The van der Waals surface area contributed by atoms with E-state index in [1.54, 1.807) is 18.2 Å². The number of anilines is 2. The highest BCUT2D eigenvalue weighted by atomic mass is 35.5. The summed E-state index contributed by atoms with van der Waals surface area (Å²) in [6.45, 7) is 0. The van der Waals surface area contributed by atoms with Gasteiger partial charge in [0.05, 0.1) is 10.8 Å². The number of nitrogen functional groups attached to an aromatic ring is 1. The SMILES string of the molecule is Nc1ccc(Cl)cc1SCC(=O)Nc1ccc(F)c(Cl)c1. The van der Waals surface area contributed by atoms with Crippen molar-refractivity contribution in [3.8, 4) is 0 Å². The van der Waals surface area contributed by atoms with Crippen molar-refractivity contribution in [2.75, 3.05) is 16.8 Å². The molecule has 0 heterocycles. The molecule has 21 heavy (non-hydrogen) atoms. The van der Waals surface area contributed by atoms with Crippen LogP contribution in [0.5, 0.6) is 0 Å². The smallest absolute Gasteiger partial charge is 0.234 e. The number of carbonyl (C=O) groups is 1. The van der Waals surface area contributed by atoms with Crippen LogP contribution in [0.3, 0.4) is 0 Å². The van der Waals surface area contributed by atoms with Crippen molar-refractivity contribution < 1.29 is 9.18 Å². The average molecular weight is 345 g/mol. The van der Waals surface area contributed by atoms with Gasteiger partial charge in [-0.05, 0) is 36.4 Å². The molecule has 3 N–H and O–H groups in total. The third-order valence-corrected chi connectivity index (χ3v) is 4.13. The van der Waals surface area contributed by atoms with E-state index in [4.69, 9.17) is 28.9 Å². The summed E-state index contributed by atoms with van der Waals surface area (Å²) in [4.78, 5) is 12.6. The van der Waals surface area contributed by atoms with E-state index in [1.807, 2.05) is 0 Å². The number of amides is 1. The van der Waals surface area contributed by atoms with Crippen LogP contribution in [0.15, 0.2) is 41.3 Å². The Bertz CT molecular complexity index is 682. The topological polar surface area (TPSA) is 55.1 Å². The molecule has 0 aliphatic heterocycles. The first-order valence-electron chi connectivity index (χ1n) is 5.88. The van der Waals surface area contributed by atoms with Crippen LogP contribution in [0, 0.1) is 5.82 Å². The highest BCUT2D eigenvalue weighted by molar-refractivity contribution is 8.00. The molecule has 7 heteroatoms. The lowest BCUT2D eigenvalue weighted by molar-refractivity contribution is -0.113. The zero-order valence-electron chi connectivity index (χ0n) is 10.7. The van der Waals surface area contributed by atoms with E-state index in [0.717, 1.165) is 4.90 Å². The van der Waals surface area contributed by atoms with Crippen molar-refractivity contribution in [3.05, 3.63) is 52.3 Å². The number of nitrogens with one attached hydrogen (secondary N) is 1. The quantitative estimate of drug-likeness (QED) is 0.636. The Labute approximate surface area is 135 Å². The van der Waals surface area contributed by atoms with E-state index in [9.17, 15) is 9.18 Å². The van der Waals surface area contributed by atoms with Gasteiger partial charge in [-0.2, -0.15) is 0 Å². The van der Waals surface area contributed by atoms with Gasteiger partial charge in [-0.1, -0.05) is 23.2 Å². The number of thioether (sulfide) groups is 1. The second-order valence-corrected chi connectivity index (χ2v) is 6.01. The van der Waals surface area contributed by atoms with Gasteiger partial charge < -0.3 is 11.1 Å². The standard InChI is InChI=1S/C14H11Cl2FN2OS/c15-8-1-4-12(18)13(5-8)21-7-14(20)19-9-2-3-11(17)10(16)6-9/h1-6H,7,18H2,(H,19,20). The molecule has 2 rings (SSSR count). The Kier molecular flexibility index (Phi) is 5.33. The second kappa shape index (κ2) is 7.02. The Balaban J connectivity index is 1.95. The minimum atomic E-state index is -0.532. The largest absolute Gasteiger partial charge is 0.398 e. The minimum absolute atomic E-state index is 0.0421. The number of carbonyl (C=O) groups excluding carboxylic acids is 1. The normalized spacial score (nSPS) is 10.4. The van der Waals surface area contributed by atoms with Crippen LogP contribution < -0.4 is 11.1 Å². The van der Waals surface area contributed by atoms with Crippen molar-refractivity contribution in [1.82, 2.24) is 0 Å². The molecule has 3 nitrogen and oxygen atoms in total. The van der Waals surface area contributed by atoms with E-state index in [0.29, 0.717) is 16.4 Å². The number of halogens is 3. The lowest BCUT2D eigenvalue weighted by atomic mass is 10.3. The van der Waals surface area contributed by atoms with Gasteiger partial charge in [-0.3, -0.25) is 4.79 Å². The van der Waals surface area contributed by atoms with Crippen molar-refractivity contribution >= 4 is 52.2 Å². The van der Waals surface area contributed by atoms with Gasteiger partial charge in [-0.15, -0.1) is 11.8 Å². The van der Waals surface area contributed by atoms with Gasteiger partial charge in [-0.25, -0.2) is 4.39 Å². The molecular weight excluding hydrogens is 334 g/mol. The molecule has 1 amide bonds. The van der Waals surface area contributed by atoms with Crippen LogP contribution in [0.25, 0.3) is 0 Å². The number of nitrogens with two attached hydrogens (primary N) is 1. The molecular formula is C14H11Cl2FN2OS. The summed E-state index contributed by atoms with van der Waals surface area (Å²) >= 11 is 12.8. The van der Waals surface area contributed by atoms with Crippen LogP contribution in [0.1, 0.15) is 0 Å². The van der Waals surface area contributed by atoms with Crippen LogP contribution in [-0.2, 0) is 4.79 Å². The maximum atomic E-state index is 13.0. The van der Waals surface area contributed by atoms with E-state index in [-0.39, 0.29) is 16.7 Å². The van der Waals surface area contributed by atoms with Crippen LogP contribution in [0.4, 0.5) is 15.8 Å². The fourth-order valence-electron chi connectivity index (χ4n) is 1.55. The van der Waals surface area contributed by atoms with Crippen molar-refractivity contribution in [2.24, 2.45) is 0 Å². The van der Waals surface area contributed by atoms with Crippen molar-refractivity contribution in [2.45, 2.75) is 4.90 Å². The van der Waals surface area contributed by atoms with Gasteiger partial charge in [0.1, 0.15) is 5.82 Å². The molecule has 0 aliphatic rings. The first-order chi connectivity index (χ1) is 9.95. The average Bonchev–Trinajstić information content (AvgIpc) is 2.44. The molecule has 0 aliphatic carbocycles. The van der Waals surface area contributed by atoms with Crippen molar-refractivity contribution in [1.29, 1.82) is 0 Å². The zero-order chi connectivity index (χ0) is 15.4. The van der Waals surface area contributed by atoms with Crippen molar-refractivity contribution in [3.63, 3.8) is 0 Å². The molecule has 0 radical (unpaired) electrons. The molecule has 0 saturated heterocycles. The summed E-state index contributed by atoms with van der Waals surface area (Å²) in [7, 11) is 0. The molecule has 0 bridgehead atoms.